The Hall–Kier alpha value is -0.819. The van der Waals surface area contributed by atoms with E-state index in [2.05, 4.69) is 155 Å². The highest BCUT2D eigenvalue weighted by molar-refractivity contribution is 9.11. The summed E-state index contributed by atoms with van der Waals surface area (Å²) in [4.78, 5) is 0.187. The van der Waals surface area contributed by atoms with Gasteiger partial charge in [-0.15, -0.1) is 11.8 Å². The van der Waals surface area contributed by atoms with Gasteiger partial charge in [-0.3, -0.25) is 4.18 Å². The van der Waals surface area contributed by atoms with E-state index in [1.807, 2.05) is 26.0 Å². The van der Waals surface area contributed by atoms with Crippen LogP contribution in [0, 0.1) is 42.4 Å². The summed E-state index contributed by atoms with van der Waals surface area (Å²) in [5, 5.41) is 0.264. The summed E-state index contributed by atoms with van der Waals surface area (Å²) in [7, 11) is -10.1. The number of hydrogen-bond acceptors (Lipinski definition) is 6. The number of rotatable bonds is 20. The van der Waals surface area contributed by atoms with Gasteiger partial charge in [0.05, 0.1) is 23.7 Å². The molecule has 332 valence electrons. The molecule has 0 saturated heterocycles. The Morgan fingerprint density at radius 1 is 0.897 bits per heavy atom. The number of halogens is 1. The lowest BCUT2D eigenvalue weighted by Gasteiger charge is -2.41. The van der Waals surface area contributed by atoms with Crippen molar-refractivity contribution in [2.45, 2.75) is 193 Å². The lowest BCUT2D eigenvalue weighted by molar-refractivity contribution is 0.145. The first-order valence-corrected chi connectivity index (χ1v) is 32.7. The van der Waals surface area contributed by atoms with Gasteiger partial charge >= 0.3 is 0 Å². The summed E-state index contributed by atoms with van der Waals surface area (Å²) in [6.07, 6.45) is 12.0. The van der Waals surface area contributed by atoms with Crippen molar-refractivity contribution in [3.8, 4) is 11.8 Å². The monoisotopic (exact) mass is 938 g/mol. The molecule has 0 heterocycles. The zero-order valence-electron chi connectivity index (χ0n) is 39.9. The maximum atomic E-state index is 13.6. The van der Waals surface area contributed by atoms with Crippen molar-refractivity contribution >= 4 is 51.0 Å². The summed E-state index contributed by atoms with van der Waals surface area (Å²) in [5.74, 6) is 6.65. The third-order valence-corrected chi connectivity index (χ3v) is 29.1. The van der Waals surface area contributed by atoms with Gasteiger partial charge in [-0.05, 0) is 135 Å². The van der Waals surface area contributed by atoms with Gasteiger partial charge in [0.25, 0.3) is 10.1 Å². The fourth-order valence-electron chi connectivity index (χ4n) is 6.45. The summed E-state index contributed by atoms with van der Waals surface area (Å²) >= 11 is 4.00. The van der Waals surface area contributed by atoms with E-state index in [0.29, 0.717) is 6.42 Å². The molecular formula is C47H83BrO6SSi3. The minimum Gasteiger partial charge on any atom is -0.417 e. The second-order valence-corrected chi connectivity index (χ2v) is 38.5. The highest BCUT2D eigenvalue weighted by Gasteiger charge is 2.48. The van der Waals surface area contributed by atoms with Gasteiger partial charge in [0.2, 0.25) is 0 Å². The molecule has 1 saturated carbocycles. The fourth-order valence-corrected chi connectivity index (χ4v) is 11.8. The van der Waals surface area contributed by atoms with Crippen LogP contribution in [0.5, 0.6) is 0 Å². The van der Waals surface area contributed by atoms with Gasteiger partial charge in [0, 0.05) is 18.9 Å². The number of allylic oxidation sites excluding steroid dienone is 2. The molecular weight excluding hydrogens is 857 g/mol. The quantitative estimate of drug-likeness (QED) is 0.0426. The molecule has 0 radical (unpaired) electrons. The first-order valence-electron chi connectivity index (χ1n) is 21.7. The van der Waals surface area contributed by atoms with E-state index in [1.54, 1.807) is 12.1 Å². The first kappa shape index (κ1) is 53.3. The maximum absolute atomic E-state index is 13.6. The van der Waals surface area contributed by atoms with Gasteiger partial charge in [-0.2, -0.15) is 8.42 Å². The van der Waals surface area contributed by atoms with Crippen molar-refractivity contribution in [2.24, 2.45) is 23.7 Å². The normalized spacial score (nSPS) is 21.6. The molecule has 0 aliphatic heterocycles. The van der Waals surface area contributed by atoms with Gasteiger partial charge in [-0.1, -0.05) is 121 Å². The molecule has 1 aliphatic rings. The zero-order chi connectivity index (χ0) is 44.5. The molecule has 0 spiro atoms. The van der Waals surface area contributed by atoms with Crippen LogP contribution < -0.4 is 0 Å². The average molecular weight is 940 g/mol. The Kier molecular flexibility index (Phi) is 19.8. The Morgan fingerprint density at radius 3 is 2.00 bits per heavy atom. The van der Waals surface area contributed by atoms with Crippen LogP contribution >= 0.6 is 15.9 Å². The second-order valence-electron chi connectivity index (χ2n) is 21.5. The van der Waals surface area contributed by atoms with Crippen LogP contribution in [0.2, 0.25) is 54.4 Å². The van der Waals surface area contributed by atoms with Crippen molar-refractivity contribution in [3.63, 3.8) is 0 Å². The molecule has 1 aromatic rings. The second kappa shape index (κ2) is 21.5. The Morgan fingerprint density at radius 2 is 1.47 bits per heavy atom. The van der Waals surface area contributed by atoms with Crippen LogP contribution in [0.25, 0.3) is 0 Å². The summed E-state index contributed by atoms with van der Waals surface area (Å²) in [5.41, 5.74) is 1.00. The van der Waals surface area contributed by atoms with E-state index >= 15 is 0 Å². The highest BCUT2D eigenvalue weighted by atomic mass is 79.9. The minimum atomic E-state index is -3.95. The number of benzene rings is 1. The van der Waals surface area contributed by atoms with Gasteiger partial charge in [0.1, 0.15) is 0 Å². The average Bonchev–Trinajstić information content (AvgIpc) is 3.38. The van der Waals surface area contributed by atoms with Crippen LogP contribution in [0.1, 0.15) is 120 Å². The number of unbranched alkanes of at least 4 members (excludes halogenated alkanes) is 2. The van der Waals surface area contributed by atoms with E-state index in [1.165, 1.54) is 0 Å². The largest absolute Gasteiger partial charge is 0.417 e. The van der Waals surface area contributed by atoms with Gasteiger partial charge in [0.15, 0.2) is 25.0 Å². The van der Waals surface area contributed by atoms with Crippen LogP contribution in [0.4, 0.5) is 0 Å². The van der Waals surface area contributed by atoms with Crippen LogP contribution in [-0.4, -0.2) is 58.8 Å². The summed E-state index contributed by atoms with van der Waals surface area (Å²) in [6, 6.07) is 6.90. The molecule has 11 heteroatoms. The molecule has 6 atom stereocenters. The molecule has 6 nitrogen and oxygen atoms in total. The van der Waals surface area contributed by atoms with Crippen LogP contribution in [-0.2, 0) is 27.6 Å². The van der Waals surface area contributed by atoms with Crippen molar-refractivity contribution in [3.05, 3.63) is 52.5 Å². The SMILES string of the molecule is CC#CCC(C)[C@@H](/C=C/[C@@H]1[C@@H](C/C(Br)=C/CCCCO[Si](C)(C)C(C)(C)C)[C@@H](COS(=O)(=O)c2ccc(C)cc2)C[C@H]1O[Si](C)(C)C(C)(C)C)O[Si](C)(C)C(C)(C)C. The number of hydrogen-bond donors (Lipinski definition) is 0. The predicted octanol–water partition coefficient (Wildman–Crippen LogP) is 14.2. The zero-order valence-corrected chi connectivity index (χ0v) is 45.3. The summed E-state index contributed by atoms with van der Waals surface area (Å²) < 4.78 is 55.2. The standard InChI is InChI=1S/C47H83BrO6SSi3/c1-19-20-24-37(3)43(53-57(15,16)46(7,8)9)31-30-41-42(34-39(48)25-22-21-23-32-52-56(13,14)45(4,5)6)38(33-44(41)54-58(17,18)47(10,11)12)35-51-55(49,50)40-28-26-36(2)27-29-40/h25-31,37-38,41-44H,21-24,32-35H2,1-18H3/b31-30+,39-25-/t37?,38-,41-,42+,43-,44-/m1/s1. The first-order chi connectivity index (χ1) is 26.3. The Bertz CT molecular complexity index is 1670. The lowest BCUT2D eigenvalue weighted by atomic mass is 9.85. The Balaban J connectivity index is 2.58. The molecule has 1 aromatic carbocycles. The molecule has 2 rings (SSSR count). The summed E-state index contributed by atoms with van der Waals surface area (Å²) in [6.45, 7) is 41.4. The topological polar surface area (TPSA) is 71.1 Å². The van der Waals surface area contributed by atoms with Crippen molar-refractivity contribution in [1.29, 1.82) is 0 Å². The van der Waals surface area contributed by atoms with E-state index in [9.17, 15) is 8.42 Å². The van der Waals surface area contributed by atoms with E-state index in [-0.39, 0.29) is 62.5 Å². The third-order valence-electron chi connectivity index (χ3n) is 13.6. The molecule has 1 unspecified atom stereocenters. The molecule has 0 amide bonds. The highest BCUT2D eigenvalue weighted by Crippen LogP contribution is 2.49. The van der Waals surface area contributed by atoms with Crippen LogP contribution in [0.3, 0.4) is 0 Å². The molecule has 0 aromatic heterocycles. The predicted molar refractivity (Wildman–Crippen MR) is 259 cm³/mol. The maximum Gasteiger partial charge on any atom is 0.296 e. The van der Waals surface area contributed by atoms with Gasteiger partial charge < -0.3 is 13.3 Å². The van der Waals surface area contributed by atoms with Crippen molar-refractivity contribution in [1.82, 2.24) is 0 Å². The minimum absolute atomic E-state index is 0.0101. The fraction of sp³-hybridized carbons (Fsp3) is 0.745. The van der Waals surface area contributed by atoms with Crippen LogP contribution in [0.15, 0.2) is 51.9 Å². The van der Waals surface area contributed by atoms with E-state index in [0.717, 1.165) is 48.8 Å². The third kappa shape index (κ3) is 15.8. The van der Waals surface area contributed by atoms with Gasteiger partial charge in [-0.25, -0.2) is 0 Å². The molecule has 0 N–H and O–H groups in total. The number of aryl methyl sites for hydroxylation is 1. The molecule has 1 fully saturated rings. The lowest BCUT2D eigenvalue weighted by Crippen LogP contribution is -2.45. The molecule has 0 bridgehead atoms. The van der Waals surface area contributed by atoms with E-state index < -0.39 is 35.1 Å². The smallest absolute Gasteiger partial charge is 0.296 e. The van der Waals surface area contributed by atoms with E-state index in [4.69, 9.17) is 17.5 Å². The molecule has 58 heavy (non-hydrogen) atoms. The Labute approximate surface area is 369 Å². The van der Waals surface area contributed by atoms with Crippen molar-refractivity contribution in [2.75, 3.05) is 13.2 Å². The van der Waals surface area contributed by atoms with Crippen molar-refractivity contribution < 1.29 is 25.9 Å². The molecule has 1 aliphatic carbocycles.